The van der Waals surface area contributed by atoms with Crippen LogP contribution < -0.4 is 5.32 Å². The van der Waals surface area contributed by atoms with Crippen molar-refractivity contribution in [3.8, 4) is 0 Å². The average molecular weight is 392 g/mol. The smallest absolute Gasteiger partial charge is 0.224 e. The van der Waals surface area contributed by atoms with E-state index in [2.05, 4.69) is 5.32 Å². The van der Waals surface area contributed by atoms with E-state index in [1.54, 1.807) is 6.07 Å². The lowest BCUT2D eigenvalue weighted by Crippen LogP contribution is -2.27. The number of hydrogen-bond acceptors (Lipinski definition) is 3. The number of likely N-dealkylation sites (tertiary alicyclic amines) is 1. The highest BCUT2D eigenvalue weighted by atomic mass is 16.2. The van der Waals surface area contributed by atoms with Gasteiger partial charge in [-0.05, 0) is 49.4 Å². The third-order valence-electron chi connectivity index (χ3n) is 5.35. The van der Waals surface area contributed by atoms with Crippen molar-refractivity contribution >= 4 is 23.3 Å². The maximum absolute atomic E-state index is 12.3. The molecule has 5 nitrogen and oxygen atoms in total. The van der Waals surface area contributed by atoms with Crippen molar-refractivity contribution in [1.82, 2.24) is 4.90 Å². The predicted octanol–water partition coefficient (Wildman–Crippen LogP) is 4.15. The van der Waals surface area contributed by atoms with E-state index in [0.717, 1.165) is 37.1 Å². The number of nitrogens with zero attached hydrogens (tertiary/aromatic N) is 1. The Hall–Kier alpha value is -2.95. The Kier molecular flexibility index (Phi) is 7.17. The summed E-state index contributed by atoms with van der Waals surface area (Å²) in [6.07, 6.45) is 3.78. The van der Waals surface area contributed by atoms with E-state index >= 15 is 0 Å². The van der Waals surface area contributed by atoms with Crippen molar-refractivity contribution in [2.45, 2.75) is 45.4 Å². The molecule has 0 spiro atoms. The molecular weight excluding hydrogens is 364 g/mol. The first-order valence-corrected chi connectivity index (χ1v) is 10.3. The molecule has 2 amide bonds. The molecule has 0 aromatic heterocycles. The first kappa shape index (κ1) is 20.8. The van der Waals surface area contributed by atoms with Crippen LogP contribution in [0.15, 0.2) is 48.5 Å². The molecule has 1 heterocycles. The number of nitrogens with one attached hydrogen (secondary N) is 1. The highest BCUT2D eigenvalue weighted by Crippen LogP contribution is 2.15. The van der Waals surface area contributed by atoms with Crippen molar-refractivity contribution in [2.24, 2.45) is 0 Å². The summed E-state index contributed by atoms with van der Waals surface area (Å²) < 4.78 is 0. The van der Waals surface area contributed by atoms with Crippen molar-refractivity contribution in [3.63, 3.8) is 0 Å². The van der Waals surface area contributed by atoms with Crippen LogP contribution in [-0.2, 0) is 16.0 Å². The first-order chi connectivity index (χ1) is 14.0. The lowest BCUT2D eigenvalue weighted by Gasteiger charge is -2.15. The number of hydrogen-bond donors (Lipinski definition) is 1. The van der Waals surface area contributed by atoms with Gasteiger partial charge in [-0.15, -0.1) is 0 Å². The number of carbonyl (C=O) groups is 3. The molecule has 0 saturated carbocycles. The van der Waals surface area contributed by atoms with Gasteiger partial charge in [0.1, 0.15) is 0 Å². The Morgan fingerprint density at radius 1 is 0.897 bits per heavy atom. The van der Waals surface area contributed by atoms with Gasteiger partial charge in [0.05, 0.1) is 0 Å². The van der Waals surface area contributed by atoms with Gasteiger partial charge < -0.3 is 10.2 Å². The Bertz CT molecular complexity index is 868. The molecule has 5 heteroatoms. The van der Waals surface area contributed by atoms with Gasteiger partial charge in [-0.1, -0.05) is 36.4 Å². The van der Waals surface area contributed by atoms with Crippen LogP contribution in [0.5, 0.6) is 0 Å². The minimum absolute atomic E-state index is 0.0173. The molecule has 0 atom stereocenters. The Morgan fingerprint density at radius 3 is 2.28 bits per heavy atom. The van der Waals surface area contributed by atoms with E-state index in [0.29, 0.717) is 24.1 Å². The minimum Gasteiger partial charge on any atom is -0.343 e. The van der Waals surface area contributed by atoms with Crippen molar-refractivity contribution in [2.75, 3.05) is 18.4 Å². The summed E-state index contributed by atoms with van der Waals surface area (Å²) in [6, 6.07) is 15.0. The van der Waals surface area contributed by atoms with Gasteiger partial charge >= 0.3 is 0 Å². The summed E-state index contributed by atoms with van der Waals surface area (Å²) in [4.78, 5) is 38.5. The summed E-state index contributed by atoms with van der Waals surface area (Å²) in [5, 5.41) is 2.83. The first-order valence-electron chi connectivity index (χ1n) is 10.3. The SMILES string of the molecule is Cc1ccccc1C(=O)CCC(=O)Nc1ccc(CCC(=O)N2CCCC2)cc1. The van der Waals surface area contributed by atoms with Crippen LogP contribution >= 0.6 is 0 Å². The molecule has 2 aromatic carbocycles. The van der Waals surface area contributed by atoms with E-state index in [-0.39, 0.29) is 30.4 Å². The summed E-state index contributed by atoms with van der Waals surface area (Å²) in [6.45, 7) is 3.67. The molecule has 152 valence electrons. The molecule has 1 saturated heterocycles. The molecule has 3 rings (SSSR count). The number of ketones is 1. The standard InChI is InChI=1S/C24H28N2O3/c1-18-6-2-3-7-21(18)22(27)13-14-23(28)25-20-11-8-19(9-12-20)10-15-24(29)26-16-4-5-17-26/h2-3,6-9,11-12H,4-5,10,13-17H2,1H3,(H,25,28). The monoisotopic (exact) mass is 392 g/mol. The van der Waals surface area contributed by atoms with Crippen LogP contribution in [0.2, 0.25) is 0 Å². The van der Waals surface area contributed by atoms with Crippen molar-refractivity contribution in [3.05, 3.63) is 65.2 Å². The second-order valence-corrected chi connectivity index (χ2v) is 7.57. The Morgan fingerprint density at radius 2 is 1.59 bits per heavy atom. The molecule has 0 bridgehead atoms. The molecule has 1 N–H and O–H groups in total. The topological polar surface area (TPSA) is 66.5 Å². The average Bonchev–Trinajstić information content (AvgIpc) is 3.27. The third kappa shape index (κ3) is 6.01. The van der Waals surface area contributed by atoms with Crippen LogP contribution in [0, 0.1) is 6.92 Å². The molecule has 1 aliphatic heterocycles. The number of carbonyl (C=O) groups excluding carboxylic acids is 3. The molecule has 29 heavy (non-hydrogen) atoms. The maximum Gasteiger partial charge on any atom is 0.224 e. The molecule has 2 aromatic rings. The van der Waals surface area contributed by atoms with Gasteiger partial charge in [0.15, 0.2) is 5.78 Å². The van der Waals surface area contributed by atoms with Crippen molar-refractivity contribution in [1.29, 1.82) is 0 Å². The summed E-state index contributed by atoms with van der Waals surface area (Å²) in [7, 11) is 0. The highest BCUT2D eigenvalue weighted by molar-refractivity contribution is 6.00. The number of anilines is 1. The number of amides is 2. The molecule has 0 radical (unpaired) electrons. The van der Waals surface area contributed by atoms with Gasteiger partial charge in [0.2, 0.25) is 11.8 Å². The number of rotatable bonds is 8. The fraction of sp³-hybridized carbons (Fsp3) is 0.375. The van der Waals surface area contributed by atoms with E-state index in [1.165, 1.54) is 0 Å². The van der Waals surface area contributed by atoms with Crippen LogP contribution in [0.4, 0.5) is 5.69 Å². The highest BCUT2D eigenvalue weighted by Gasteiger charge is 2.17. The minimum atomic E-state index is -0.177. The molecule has 0 aliphatic carbocycles. The summed E-state index contributed by atoms with van der Waals surface area (Å²) >= 11 is 0. The van der Waals surface area contributed by atoms with E-state index in [9.17, 15) is 14.4 Å². The second kappa shape index (κ2) is 10.0. The largest absolute Gasteiger partial charge is 0.343 e. The zero-order chi connectivity index (χ0) is 20.6. The number of Topliss-reactive ketones (excluding diaryl/α,β-unsaturated/α-hetero) is 1. The van der Waals surface area contributed by atoms with Crippen LogP contribution in [-0.4, -0.2) is 35.6 Å². The summed E-state index contributed by atoms with van der Waals surface area (Å²) in [5.41, 5.74) is 3.38. The lowest BCUT2D eigenvalue weighted by atomic mass is 10.0. The second-order valence-electron chi connectivity index (χ2n) is 7.57. The molecule has 1 fully saturated rings. The van der Waals surface area contributed by atoms with Gasteiger partial charge in [0.25, 0.3) is 0 Å². The van der Waals surface area contributed by atoms with Crippen LogP contribution in [0.3, 0.4) is 0 Å². The zero-order valence-corrected chi connectivity index (χ0v) is 16.9. The van der Waals surface area contributed by atoms with E-state index < -0.39 is 0 Å². The zero-order valence-electron chi connectivity index (χ0n) is 16.9. The van der Waals surface area contributed by atoms with Crippen molar-refractivity contribution < 1.29 is 14.4 Å². The van der Waals surface area contributed by atoms with E-state index in [1.807, 2.05) is 54.3 Å². The normalized spacial score (nSPS) is 13.3. The number of benzene rings is 2. The van der Waals surface area contributed by atoms with Gasteiger partial charge in [-0.2, -0.15) is 0 Å². The predicted molar refractivity (Wildman–Crippen MR) is 114 cm³/mol. The van der Waals surface area contributed by atoms with Crippen LogP contribution in [0.1, 0.15) is 53.6 Å². The van der Waals surface area contributed by atoms with E-state index in [4.69, 9.17) is 0 Å². The maximum atomic E-state index is 12.3. The Labute approximate surface area is 172 Å². The quantitative estimate of drug-likeness (QED) is 0.686. The fourth-order valence-electron chi connectivity index (χ4n) is 3.60. The summed E-state index contributed by atoms with van der Waals surface area (Å²) in [5.74, 6) is 0.0263. The van der Waals surface area contributed by atoms with Gasteiger partial charge in [-0.3, -0.25) is 14.4 Å². The Balaban J connectivity index is 1.43. The number of aryl methyl sites for hydroxylation is 2. The molecule has 1 aliphatic rings. The van der Waals surface area contributed by atoms with Gasteiger partial charge in [-0.25, -0.2) is 0 Å². The third-order valence-corrected chi connectivity index (χ3v) is 5.35. The molecular formula is C24H28N2O3. The van der Waals surface area contributed by atoms with Crippen LogP contribution in [0.25, 0.3) is 0 Å². The van der Waals surface area contributed by atoms with Gasteiger partial charge in [0, 0.05) is 43.6 Å². The fourth-order valence-corrected chi connectivity index (χ4v) is 3.60. The molecule has 0 unspecified atom stereocenters. The lowest BCUT2D eigenvalue weighted by molar-refractivity contribution is -0.130.